The zero-order valence-corrected chi connectivity index (χ0v) is 8.22. The Bertz CT molecular complexity index is 569. The van der Waals surface area contributed by atoms with Crippen LogP contribution in [-0.2, 0) is 0 Å². The number of rotatable bonds is 1. The van der Waals surface area contributed by atoms with Crippen molar-refractivity contribution in [3.63, 3.8) is 0 Å². The zero-order chi connectivity index (χ0) is 12.6. The molecule has 0 N–H and O–H groups in total. The summed E-state index contributed by atoms with van der Waals surface area (Å²) in [6.45, 7) is 0. The summed E-state index contributed by atoms with van der Waals surface area (Å²) in [5.74, 6) is 0. The van der Waals surface area contributed by atoms with Gasteiger partial charge in [0.25, 0.3) is 0 Å². The van der Waals surface area contributed by atoms with Crippen LogP contribution < -0.4 is 0 Å². The van der Waals surface area contributed by atoms with Crippen LogP contribution in [0, 0.1) is 0 Å². The van der Waals surface area contributed by atoms with Gasteiger partial charge in [0.05, 0.1) is 11.2 Å². The van der Waals surface area contributed by atoms with E-state index in [1.54, 1.807) is 24.3 Å². The highest BCUT2D eigenvalue weighted by atomic mass is 79.9. The van der Waals surface area contributed by atoms with Gasteiger partial charge in [-0.25, -0.2) is 0 Å². The largest absolute Gasteiger partial charge is 0.256 e. The van der Waals surface area contributed by atoms with E-state index in [4.69, 9.17) is 5.48 Å². The van der Waals surface area contributed by atoms with Crippen LogP contribution in [-0.4, -0.2) is 4.98 Å². The fourth-order valence-electron chi connectivity index (χ4n) is 0.975. The lowest BCUT2D eigenvalue weighted by Crippen LogP contribution is -1.80. The summed E-state index contributed by atoms with van der Waals surface area (Å²) in [6, 6.07) is 6.43. The molecule has 0 spiro atoms. The van der Waals surface area contributed by atoms with Crippen LogP contribution in [0.3, 0.4) is 0 Å². The second kappa shape index (κ2) is 3.71. The third-order valence-electron chi connectivity index (χ3n) is 1.58. The predicted octanol–water partition coefficient (Wildman–Crippen LogP) is 3.51. The van der Waals surface area contributed by atoms with E-state index in [2.05, 4.69) is 20.9 Å². The smallest absolute Gasteiger partial charge is 0.0840 e. The summed E-state index contributed by atoms with van der Waals surface area (Å²) >= 11 is 3.31. The van der Waals surface area contributed by atoms with Crippen LogP contribution in [0.1, 0.15) is 5.48 Å². The molecule has 0 aliphatic carbocycles. The maximum Gasteiger partial charge on any atom is 0.0840 e. The summed E-state index contributed by atoms with van der Waals surface area (Å²) in [5, 5.41) is 0. The molecule has 64 valence electrons. The molecule has 2 aromatic rings. The minimum atomic E-state index is -0.309. The van der Waals surface area contributed by atoms with E-state index < -0.39 is 0 Å². The Labute approximate surface area is 91.2 Å². The van der Waals surface area contributed by atoms with E-state index in [0.29, 0.717) is 5.56 Å². The van der Waals surface area contributed by atoms with Crippen molar-refractivity contribution < 1.29 is 5.48 Å². The molecule has 0 bridgehead atoms. The topological polar surface area (TPSA) is 12.9 Å². The van der Waals surface area contributed by atoms with Crippen LogP contribution in [0.5, 0.6) is 0 Å². The Morgan fingerprint density at radius 1 is 1.15 bits per heavy atom. The average molecular weight is 238 g/mol. The first-order valence-corrected chi connectivity index (χ1v) is 4.50. The Kier molecular flexibility index (Phi) is 1.40. The molecule has 1 aromatic heterocycles. The first-order chi connectivity index (χ1) is 8.00. The van der Waals surface area contributed by atoms with E-state index in [-0.39, 0.29) is 30.0 Å². The minimum absolute atomic E-state index is 0.117. The molecule has 0 aliphatic heterocycles. The lowest BCUT2D eigenvalue weighted by molar-refractivity contribution is 1.33. The lowest BCUT2D eigenvalue weighted by Gasteiger charge is -1.99. The molecule has 2 heteroatoms. The number of pyridine rings is 1. The normalized spacial score (nSPS) is 14.2. The van der Waals surface area contributed by atoms with Crippen molar-refractivity contribution in [2.45, 2.75) is 0 Å². The molecule has 0 aliphatic rings. The molecule has 0 amide bonds. The number of halogens is 1. The third kappa shape index (κ3) is 1.95. The Hall–Kier alpha value is -1.15. The Morgan fingerprint density at radius 2 is 1.92 bits per heavy atom. The molecule has 1 nitrogen and oxygen atoms in total. The highest BCUT2D eigenvalue weighted by molar-refractivity contribution is 9.10. The van der Waals surface area contributed by atoms with Crippen LogP contribution in [0.15, 0.2) is 53.0 Å². The maximum atomic E-state index is 7.76. The molecule has 1 aromatic carbocycles. The number of hydrogen-bond donors (Lipinski definition) is 0. The van der Waals surface area contributed by atoms with Crippen LogP contribution in [0.4, 0.5) is 0 Å². The van der Waals surface area contributed by atoms with Crippen molar-refractivity contribution in [3.05, 3.63) is 53.0 Å². The van der Waals surface area contributed by atoms with Crippen molar-refractivity contribution >= 4 is 15.9 Å². The van der Waals surface area contributed by atoms with Crippen LogP contribution in [0.2, 0.25) is 0 Å². The molecule has 0 saturated carbocycles. The summed E-state index contributed by atoms with van der Waals surface area (Å²) in [7, 11) is 0. The van der Waals surface area contributed by atoms with Gasteiger partial charge < -0.3 is 0 Å². The zero-order valence-electron chi connectivity index (χ0n) is 10.6. The molecule has 0 saturated heterocycles. The fourth-order valence-corrected chi connectivity index (χ4v) is 1.24. The van der Waals surface area contributed by atoms with Gasteiger partial charge in [-0.05, 0) is 24.2 Å². The van der Waals surface area contributed by atoms with Crippen molar-refractivity contribution in [1.29, 1.82) is 0 Å². The molecular weight excluding hydrogens is 226 g/mol. The van der Waals surface area contributed by atoms with Gasteiger partial charge in [0.1, 0.15) is 0 Å². The van der Waals surface area contributed by atoms with Crippen molar-refractivity contribution in [3.8, 4) is 11.3 Å². The third-order valence-corrected chi connectivity index (χ3v) is 2.11. The molecule has 0 atom stereocenters. The molecule has 1 heterocycles. The van der Waals surface area contributed by atoms with Gasteiger partial charge in [0.2, 0.25) is 0 Å². The van der Waals surface area contributed by atoms with E-state index in [9.17, 15) is 0 Å². The van der Waals surface area contributed by atoms with Crippen molar-refractivity contribution in [2.24, 2.45) is 0 Å². The van der Waals surface area contributed by atoms with Gasteiger partial charge in [0.15, 0.2) is 0 Å². The maximum absolute atomic E-state index is 7.76. The van der Waals surface area contributed by atoms with Gasteiger partial charge >= 0.3 is 0 Å². The number of hydrogen-bond acceptors (Lipinski definition) is 1. The summed E-state index contributed by atoms with van der Waals surface area (Å²) in [6.07, 6.45) is -0.274. The number of aromatic nitrogens is 1. The van der Waals surface area contributed by atoms with Crippen LogP contribution in [0.25, 0.3) is 11.3 Å². The van der Waals surface area contributed by atoms with Gasteiger partial charge in [-0.15, -0.1) is 0 Å². The highest BCUT2D eigenvalue weighted by Crippen LogP contribution is 2.18. The molecule has 13 heavy (non-hydrogen) atoms. The quantitative estimate of drug-likeness (QED) is 0.740. The average Bonchev–Trinajstić information content (AvgIpc) is 2.32. The van der Waals surface area contributed by atoms with E-state index in [1.807, 2.05) is 0 Å². The Morgan fingerprint density at radius 3 is 2.69 bits per heavy atom. The van der Waals surface area contributed by atoms with E-state index in [1.165, 1.54) is 0 Å². The molecule has 2 rings (SSSR count). The molecule has 0 fully saturated rings. The van der Waals surface area contributed by atoms with E-state index >= 15 is 0 Å². The van der Waals surface area contributed by atoms with Gasteiger partial charge in [-0.1, -0.05) is 34.1 Å². The first-order valence-electron chi connectivity index (χ1n) is 5.71. The van der Waals surface area contributed by atoms with Crippen LogP contribution >= 0.6 is 15.9 Å². The SMILES string of the molecule is [2H]c1nc(-c2ccc(Br)cc2)c([2H])c([2H])c1[2H]. The second-order valence-corrected chi connectivity index (χ2v) is 3.37. The Balaban J connectivity index is 2.64. The highest BCUT2D eigenvalue weighted by Gasteiger charge is 1.95. The predicted molar refractivity (Wildman–Crippen MR) is 57.4 cm³/mol. The lowest BCUT2D eigenvalue weighted by atomic mass is 10.1. The summed E-state index contributed by atoms with van der Waals surface area (Å²) in [4.78, 5) is 3.89. The molecule has 0 unspecified atom stereocenters. The standard InChI is InChI=1S/C11H8BrN/c12-10-6-4-9(5-7-10)11-3-1-2-8-13-11/h1-8H/i1D,2D,3D,8D. The number of nitrogens with zero attached hydrogens (tertiary/aromatic N) is 1. The van der Waals surface area contributed by atoms with Gasteiger partial charge in [-0.3, -0.25) is 4.98 Å². The van der Waals surface area contributed by atoms with E-state index in [0.717, 1.165) is 4.47 Å². The fraction of sp³-hybridized carbons (Fsp3) is 0. The van der Waals surface area contributed by atoms with Gasteiger partial charge in [-0.2, -0.15) is 0 Å². The second-order valence-electron chi connectivity index (χ2n) is 2.45. The molecular formula is C11H8BrN. The number of benzene rings is 1. The summed E-state index contributed by atoms with van der Waals surface area (Å²) < 4.78 is 31.1. The molecule has 0 radical (unpaired) electrons. The van der Waals surface area contributed by atoms with Gasteiger partial charge in [0, 0.05) is 16.2 Å². The van der Waals surface area contributed by atoms with Crippen molar-refractivity contribution in [1.82, 2.24) is 4.98 Å². The monoisotopic (exact) mass is 237 g/mol. The first kappa shape index (κ1) is 4.91. The minimum Gasteiger partial charge on any atom is -0.256 e. The summed E-state index contributed by atoms with van der Waals surface area (Å²) in [5.41, 5.74) is 0.934. The van der Waals surface area contributed by atoms with Crippen molar-refractivity contribution in [2.75, 3.05) is 0 Å².